The van der Waals surface area contributed by atoms with E-state index in [1.807, 2.05) is 13.0 Å². The van der Waals surface area contributed by atoms with Crippen molar-refractivity contribution in [2.75, 3.05) is 6.61 Å². The van der Waals surface area contributed by atoms with Crippen molar-refractivity contribution in [2.45, 2.75) is 85.7 Å². The van der Waals surface area contributed by atoms with Crippen LogP contribution < -0.4 is 4.74 Å². The second-order valence-electron chi connectivity index (χ2n) is 10.7. The lowest BCUT2D eigenvalue weighted by atomic mass is 9.44. The average molecular weight is 401 g/mol. The lowest BCUT2D eigenvalue weighted by Crippen LogP contribution is -2.61. The number of ether oxygens (including phenoxy) is 2. The van der Waals surface area contributed by atoms with Crippen LogP contribution in [0.15, 0.2) is 6.07 Å². The predicted octanol–water partition coefficient (Wildman–Crippen LogP) is 5.81. The highest BCUT2D eigenvalue weighted by molar-refractivity contribution is 5.95. The van der Waals surface area contributed by atoms with Crippen LogP contribution >= 0.6 is 0 Å². The van der Waals surface area contributed by atoms with Crippen LogP contribution in [0.3, 0.4) is 0 Å². The van der Waals surface area contributed by atoms with Crippen LogP contribution in [-0.2, 0) is 11.2 Å². The molecule has 0 unspecified atom stereocenters. The molecule has 29 heavy (non-hydrogen) atoms. The maximum Gasteiger partial charge on any atom is 0.342 e. The van der Waals surface area contributed by atoms with Crippen molar-refractivity contribution in [3.05, 3.63) is 22.8 Å². The lowest BCUT2D eigenvalue weighted by Gasteiger charge is -2.63. The summed E-state index contributed by atoms with van der Waals surface area (Å²) in [5.74, 6) is 1.32. The third-order valence-corrected chi connectivity index (χ3v) is 8.53. The van der Waals surface area contributed by atoms with Crippen LogP contribution in [-0.4, -0.2) is 23.3 Å². The third-order valence-electron chi connectivity index (χ3n) is 8.53. The highest BCUT2D eigenvalue weighted by atomic mass is 16.5. The normalized spacial score (nSPS) is 35.0. The van der Waals surface area contributed by atoms with Gasteiger partial charge in [0.25, 0.3) is 0 Å². The van der Waals surface area contributed by atoms with Gasteiger partial charge in [0.1, 0.15) is 22.7 Å². The fraction of sp³-hybridized carbons (Fsp3) is 0.720. The van der Waals surface area contributed by atoms with Crippen molar-refractivity contribution in [1.82, 2.24) is 0 Å². The van der Waals surface area contributed by atoms with E-state index in [1.54, 1.807) is 6.92 Å². The van der Waals surface area contributed by atoms with Crippen molar-refractivity contribution < 1.29 is 19.4 Å². The second-order valence-corrected chi connectivity index (χ2v) is 10.7. The fourth-order valence-corrected chi connectivity index (χ4v) is 7.19. The Bertz CT molecular complexity index is 842. The van der Waals surface area contributed by atoms with Crippen molar-refractivity contribution in [3.63, 3.8) is 0 Å². The standard InChI is InChI=1S/C25H36O4/c1-7-28-22(27)20-15(2)13-17-16(21(20)26)14-19-24(5)11-8-10-23(3,4)18(24)9-12-25(19,6)29-17/h13,18-19,26H,7-12,14H2,1-6H3/t18-,19+,24-,25+/m1/s1. The lowest BCUT2D eigenvalue weighted by molar-refractivity contribution is -0.162. The van der Waals surface area contributed by atoms with Gasteiger partial charge in [0.15, 0.2) is 0 Å². The Labute approximate surface area is 175 Å². The molecule has 1 N–H and O–H groups in total. The molecule has 4 atom stereocenters. The van der Waals surface area contributed by atoms with E-state index >= 15 is 0 Å². The number of hydrogen-bond donors (Lipinski definition) is 1. The number of phenols is 1. The molecule has 1 aromatic rings. The van der Waals surface area contributed by atoms with Gasteiger partial charge < -0.3 is 14.6 Å². The molecule has 2 saturated carbocycles. The minimum absolute atomic E-state index is 0.0568. The molecule has 4 heteroatoms. The number of rotatable bonds is 2. The van der Waals surface area contributed by atoms with E-state index in [0.29, 0.717) is 35.0 Å². The zero-order valence-corrected chi connectivity index (χ0v) is 18.9. The number of aryl methyl sites for hydroxylation is 1. The first kappa shape index (κ1) is 20.6. The summed E-state index contributed by atoms with van der Waals surface area (Å²) in [4.78, 5) is 12.5. The molecular weight excluding hydrogens is 364 g/mol. The SMILES string of the molecule is CCOC(=O)c1c(C)cc2c(c1O)C[C@H]1[C@]3(C)CCCC(C)(C)[C@H]3CC[C@]1(C)O2. The topological polar surface area (TPSA) is 55.8 Å². The van der Waals surface area contributed by atoms with Gasteiger partial charge in [0.05, 0.1) is 6.61 Å². The number of carbonyl (C=O) groups is 1. The summed E-state index contributed by atoms with van der Waals surface area (Å²) < 4.78 is 11.9. The zero-order chi connectivity index (χ0) is 21.2. The molecule has 3 aliphatic rings. The van der Waals surface area contributed by atoms with E-state index in [4.69, 9.17) is 9.47 Å². The van der Waals surface area contributed by atoms with E-state index < -0.39 is 5.97 Å². The van der Waals surface area contributed by atoms with Crippen molar-refractivity contribution >= 4 is 5.97 Å². The first-order valence-electron chi connectivity index (χ1n) is 11.2. The molecule has 0 saturated heterocycles. The number of phenolic OH excluding ortho intramolecular Hbond substituents is 1. The number of esters is 1. The van der Waals surface area contributed by atoms with Gasteiger partial charge in [-0.15, -0.1) is 0 Å². The highest BCUT2D eigenvalue weighted by Gasteiger charge is 2.60. The molecule has 1 heterocycles. The Balaban J connectivity index is 1.79. The first-order valence-corrected chi connectivity index (χ1v) is 11.2. The predicted molar refractivity (Wildman–Crippen MR) is 113 cm³/mol. The monoisotopic (exact) mass is 400 g/mol. The van der Waals surface area contributed by atoms with E-state index in [2.05, 4.69) is 27.7 Å². The molecular formula is C25H36O4. The molecule has 4 nitrogen and oxygen atoms in total. The van der Waals surface area contributed by atoms with Crippen LogP contribution in [0, 0.1) is 29.6 Å². The van der Waals surface area contributed by atoms with Crippen LogP contribution in [0.2, 0.25) is 0 Å². The Morgan fingerprint density at radius 1 is 1.21 bits per heavy atom. The quantitative estimate of drug-likeness (QED) is 0.636. The van der Waals surface area contributed by atoms with Gasteiger partial charge in [0, 0.05) is 11.5 Å². The third kappa shape index (κ3) is 2.97. The van der Waals surface area contributed by atoms with E-state index in [9.17, 15) is 9.90 Å². The van der Waals surface area contributed by atoms with Crippen LogP contribution in [0.5, 0.6) is 11.5 Å². The van der Waals surface area contributed by atoms with Crippen LogP contribution in [0.4, 0.5) is 0 Å². The molecule has 2 aliphatic carbocycles. The molecule has 160 valence electrons. The molecule has 0 amide bonds. The molecule has 4 rings (SSSR count). The number of hydrogen-bond acceptors (Lipinski definition) is 4. The smallest absolute Gasteiger partial charge is 0.342 e. The van der Waals surface area contributed by atoms with Gasteiger partial charge in [-0.3, -0.25) is 0 Å². The largest absolute Gasteiger partial charge is 0.507 e. The summed E-state index contributed by atoms with van der Waals surface area (Å²) in [6, 6.07) is 1.92. The Morgan fingerprint density at radius 3 is 2.62 bits per heavy atom. The number of aromatic hydroxyl groups is 1. The van der Waals surface area contributed by atoms with Gasteiger partial charge in [0.2, 0.25) is 0 Å². The highest BCUT2D eigenvalue weighted by Crippen LogP contribution is 2.65. The van der Waals surface area contributed by atoms with E-state index in [0.717, 1.165) is 24.2 Å². The molecule has 1 aromatic carbocycles. The summed E-state index contributed by atoms with van der Waals surface area (Å²) in [5, 5.41) is 11.1. The summed E-state index contributed by atoms with van der Waals surface area (Å²) >= 11 is 0. The number of benzene rings is 1. The minimum Gasteiger partial charge on any atom is -0.507 e. The maximum absolute atomic E-state index is 12.5. The van der Waals surface area contributed by atoms with E-state index in [1.165, 1.54) is 25.7 Å². The Morgan fingerprint density at radius 2 is 1.93 bits per heavy atom. The first-order chi connectivity index (χ1) is 13.5. The Hall–Kier alpha value is -1.71. The minimum atomic E-state index is -0.454. The van der Waals surface area contributed by atoms with Crippen LogP contribution in [0.1, 0.15) is 88.2 Å². The number of carbonyl (C=O) groups excluding carboxylic acids is 1. The molecule has 0 bridgehead atoms. The van der Waals surface area contributed by atoms with Gasteiger partial charge in [-0.05, 0) is 81.3 Å². The Kier molecular flexibility index (Phi) is 4.71. The van der Waals surface area contributed by atoms with Crippen LogP contribution in [0.25, 0.3) is 0 Å². The van der Waals surface area contributed by atoms with Gasteiger partial charge in [-0.2, -0.15) is 0 Å². The molecule has 0 radical (unpaired) electrons. The van der Waals surface area contributed by atoms with Crippen molar-refractivity contribution in [3.8, 4) is 11.5 Å². The number of fused-ring (bicyclic) bond motifs is 4. The van der Waals surface area contributed by atoms with Crippen molar-refractivity contribution in [2.24, 2.45) is 22.7 Å². The van der Waals surface area contributed by atoms with Gasteiger partial charge in [-0.25, -0.2) is 4.79 Å². The molecule has 1 aliphatic heterocycles. The average Bonchev–Trinajstić information content (AvgIpc) is 2.59. The molecule has 2 fully saturated rings. The zero-order valence-electron chi connectivity index (χ0n) is 18.9. The second kappa shape index (κ2) is 6.65. The summed E-state index contributed by atoms with van der Waals surface area (Å²) in [7, 11) is 0. The van der Waals surface area contributed by atoms with Gasteiger partial charge in [-0.1, -0.05) is 27.2 Å². The summed E-state index contributed by atoms with van der Waals surface area (Å²) in [5.41, 5.74) is 2.07. The summed E-state index contributed by atoms with van der Waals surface area (Å²) in [6.07, 6.45) is 6.72. The van der Waals surface area contributed by atoms with E-state index in [-0.39, 0.29) is 16.8 Å². The fourth-order valence-electron chi connectivity index (χ4n) is 7.19. The maximum atomic E-state index is 12.5. The molecule has 0 aromatic heterocycles. The van der Waals surface area contributed by atoms with Gasteiger partial charge >= 0.3 is 5.97 Å². The van der Waals surface area contributed by atoms with Crippen molar-refractivity contribution in [1.29, 1.82) is 0 Å². The molecule has 0 spiro atoms. The summed E-state index contributed by atoms with van der Waals surface area (Å²) in [6.45, 7) is 13.5.